The van der Waals surface area contributed by atoms with Crippen LogP contribution in [0.15, 0.2) is 28.4 Å². The molecule has 74 valence electrons. The molecule has 0 aliphatic heterocycles. The van der Waals surface area contributed by atoms with Gasteiger partial charge in [-0.15, -0.1) is 0 Å². The maximum absolute atomic E-state index is 4.46. The molecule has 0 saturated carbocycles. The van der Waals surface area contributed by atoms with Gasteiger partial charge in [-0.1, -0.05) is 26.0 Å². The molecule has 0 saturated heterocycles. The van der Waals surface area contributed by atoms with Gasteiger partial charge >= 0.3 is 0 Å². The lowest BCUT2D eigenvalue weighted by Crippen LogP contribution is -1.92. The number of hydrogen-bond donors (Lipinski definition) is 0. The fourth-order valence-corrected chi connectivity index (χ4v) is 1.19. The van der Waals surface area contributed by atoms with Gasteiger partial charge in [0.15, 0.2) is 0 Å². The van der Waals surface area contributed by atoms with Crippen LogP contribution in [-0.2, 0) is 0 Å². The molecule has 0 aromatic rings. The van der Waals surface area contributed by atoms with Crippen LogP contribution >= 0.6 is 0 Å². The second-order valence-corrected chi connectivity index (χ2v) is 3.13. The Hall–Kier alpha value is -0.850. The van der Waals surface area contributed by atoms with Gasteiger partial charge in [0.25, 0.3) is 0 Å². The molecule has 0 radical (unpaired) electrons. The fourth-order valence-electron chi connectivity index (χ4n) is 1.19. The Morgan fingerprint density at radius 2 is 1.92 bits per heavy atom. The van der Waals surface area contributed by atoms with Crippen LogP contribution in [-0.4, -0.2) is 5.71 Å². The minimum atomic E-state index is 1.10. The van der Waals surface area contributed by atoms with Crippen molar-refractivity contribution in [3.63, 3.8) is 0 Å². The molecule has 0 spiro atoms. The third-order valence-corrected chi connectivity index (χ3v) is 1.73. The predicted octanol–water partition coefficient (Wildman–Crippen LogP) is 4.12. The van der Waals surface area contributed by atoms with Gasteiger partial charge < -0.3 is 0 Å². The lowest BCUT2D eigenvalue weighted by atomic mass is 10.1. The van der Waals surface area contributed by atoms with Crippen LogP contribution in [0.1, 0.15) is 47.5 Å². The summed E-state index contributed by atoms with van der Waals surface area (Å²) in [4.78, 5) is 4.46. The maximum atomic E-state index is 4.46. The van der Waals surface area contributed by atoms with Gasteiger partial charge in [-0.2, -0.15) is 0 Å². The van der Waals surface area contributed by atoms with E-state index >= 15 is 0 Å². The van der Waals surface area contributed by atoms with E-state index in [9.17, 15) is 0 Å². The minimum Gasteiger partial charge on any atom is -0.263 e. The quantitative estimate of drug-likeness (QED) is 0.537. The van der Waals surface area contributed by atoms with Crippen LogP contribution in [0.25, 0.3) is 0 Å². The van der Waals surface area contributed by atoms with E-state index in [1.165, 1.54) is 11.3 Å². The van der Waals surface area contributed by atoms with E-state index in [0.717, 1.165) is 18.6 Å². The van der Waals surface area contributed by atoms with E-state index in [1.807, 2.05) is 27.7 Å². The second kappa shape index (κ2) is 6.64. The monoisotopic (exact) mass is 179 g/mol. The van der Waals surface area contributed by atoms with Crippen LogP contribution in [0.3, 0.4) is 0 Å². The van der Waals surface area contributed by atoms with Crippen LogP contribution in [0.5, 0.6) is 0 Å². The minimum absolute atomic E-state index is 1.10. The van der Waals surface area contributed by atoms with Gasteiger partial charge in [0.05, 0.1) is 0 Å². The predicted molar refractivity (Wildman–Crippen MR) is 61.2 cm³/mol. The van der Waals surface area contributed by atoms with Gasteiger partial charge in [-0.25, -0.2) is 0 Å². The zero-order valence-corrected chi connectivity index (χ0v) is 9.52. The van der Waals surface area contributed by atoms with Gasteiger partial charge in [0.1, 0.15) is 0 Å². The first-order chi connectivity index (χ1) is 6.20. The lowest BCUT2D eigenvalue weighted by Gasteiger charge is -2.08. The lowest BCUT2D eigenvalue weighted by molar-refractivity contribution is 0.921. The van der Waals surface area contributed by atoms with Crippen molar-refractivity contribution in [3.05, 3.63) is 23.4 Å². The third kappa shape index (κ3) is 4.66. The van der Waals surface area contributed by atoms with Gasteiger partial charge in [-0.3, -0.25) is 4.99 Å². The average molecular weight is 179 g/mol. The van der Waals surface area contributed by atoms with Crippen LogP contribution in [0.4, 0.5) is 0 Å². The summed E-state index contributed by atoms with van der Waals surface area (Å²) in [7, 11) is 0. The normalized spacial score (nSPS) is 14.8. The highest BCUT2D eigenvalue weighted by molar-refractivity contribution is 5.80. The molecule has 0 unspecified atom stereocenters. The number of nitrogens with zero attached hydrogens (tertiary/aromatic N) is 1. The van der Waals surface area contributed by atoms with Gasteiger partial charge in [0.2, 0.25) is 0 Å². The van der Waals surface area contributed by atoms with Crippen molar-refractivity contribution in [1.82, 2.24) is 0 Å². The van der Waals surface area contributed by atoms with Gasteiger partial charge in [0, 0.05) is 11.4 Å². The molecule has 0 atom stereocenters. The van der Waals surface area contributed by atoms with Crippen molar-refractivity contribution in [2.45, 2.75) is 47.5 Å². The SMILES string of the molecule is CC.CC(C)=NC1=C(C)C=CCC1. The summed E-state index contributed by atoms with van der Waals surface area (Å²) in [5.74, 6) is 0. The molecule has 0 N–H and O–H groups in total. The average Bonchev–Trinajstić information content (AvgIpc) is 2.12. The molecule has 1 heteroatoms. The number of rotatable bonds is 1. The Labute approximate surface area is 82.3 Å². The summed E-state index contributed by atoms with van der Waals surface area (Å²) in [6.45, 7) is 10.2. The van der Waals surface area contributed by atoms with E-state index in [2.05, 4.69) is 24.1 Å². The van der Waals surface area contributed by atoms with E-state index in [4.69, 9.17) is 0 Å². The summed E-state index contributed by atoms with van der Waals surface area (Å²) in [5.41, 5.74) is 3.72. The molecule has 0 bridgehead atoms. The molecule has 1 aliphatic carbocycles. The van der Waals surface area contributed by atoms with E-state index in [1.54, 1.807) is 0 Å². The first-order valence-electron chi connectivity index (χ1n) is 5.08. The van der Waals surface area contributed by atoms with Crippen molar-refractivity contribution >= 4 is 5.71 Å². The first-order valence-corrected chi connectivity index (χ1v) is 5.08. The van der Waals surface area contributed by atoms with E-state index < -0.39 is 0 Å². The van der Waals surface area contributed by atoms with Crippen LogP contribution < -0.4 is 0 Å². The standard InChI is InChI=1S/C10H15N.C2H6/c1-8(2)11-10-7-5-4-6-9(10)3;1-2/h4,6H,5,7H2,1-3H3;1-2H3. The largest absolute Gasteiger partial charge is 0.263 e. The Morgan fingerprint density at radius 1 is 1.31 bits per heavy atom. The van der Waals surface area contributed by atoms with Gasteiger partial charge in [-0.05, 0) is 39.2 Å². The highest BCUT2D eigenvalue weighted by Gasteiger charge is 2.01. The third-order valence-electron chi connectivity index (χ3n) is 1.73. The Bertz CT molecular complexity index is 228. The van der Waals surface area contributed by atoms with Crippen LogP contribution in [0, 0.1) is 0 Å². The first kappa shape index (κ1) is 12.2. The number of hydrogen-bond acceptors (Lipinski definition) is 1. The highest BCUT2D eigenvalue weighted by atomic mass is 14.8. The van der Waals surface area contributed by atoms with Crippen molar-refractivity contribution < 1.29 is 0 Å². The molecule has 1 nitrogen and oxygen atoms in total. The highest BCUT2D eigenvalue weighted by Crippen LogP contribution is 2.19. The molecule has 1 rings (SSSR count). The number of allylic oxidation sites excluding steroid dienone is 4. The molecule has 0 heterocycles. The van der Waals surface area contributed by atoms with E-state index in [0.29, 0.717) is 0 Å². The second-order valence-electron chi connectivity index (χ2n) is 3.13. The molecular weight excluding hydrogens is 158 g/mol. The molecule has 0 aromatic carbocycles. The maximum Gasteiger partial charge on any atom is 0.0434 e. The Kier molecular flexibility index (Phi) is 6.21. The molecular formula is C12H21N. The smallest absolute Gasteiger partial charge is 0.0434 e. The van der Waals surface area contributed by atoms with Crippen molar-refractivity contribution in [3.8, 4) is 0 Å². The summed E-state index contributed by atoms with van der Waals surface area (Å²) in [6, 6.07) is 0. The van der Waals surface area contributed by atoms with Crippen molar-refractivity contribution in [2.24, 2.45) is 4.99 Å². The zero-order valence-electron chi connectivity index (χ0n) is 9.52. The summed E-state index contributed by atoms with van der Waals surface area (Å²) in [6.07, 6.45) is 6.61. The summed E-state index contributed by atoms with van der Waals surface area (Å²) in [5, 5.41) is 0. The van der Waals surface area contributed by atoms with E-state index in [-0.39, 0.29) is 0 Å². The zero-order chi connectivity index (χ0) is 10.3. The summed E-state index contributed by atoms with van der Waals surface area (Å²) >= 11 is 0. The molecule has 0 amide bonds. The molecule has 0 aromatic heterocycles. The Balaban J connectivity index is 0.000000671. The molecule has 13 heavy (non-hydrogen) atoms. The number of aliphatic imine (C=N–C) groups is 1. The Morgan fingerprint density at radius 3 is 2.38 bits per heavy atom. The fraction of sp³-hybridized carbons (Fsp3) is 0.583. The topological polar surface area (TPSA) is 12.4 Å². The summed E-state index contributed by atoms with van der Waals surface area (Å²) < 4.78 is 0. The van der Waals surface area contributed by atoms with Crippen LogP contribution in [0.2, 0.25) is 0 Å². The molecule has 0 fully saturated rings. The van der Waals surface area contributed by atoms with Crippen molar-refractivity contribution in [2.75, 3.05) is 0 Å². The molecule has 1 aliphatic rings. The van der Waals surface area contributed by atoms with Crippen molar-refractivity contribution in [1.29, 1.82) is 0 Å².